The van der Waals surface area contributed by atoms with Gasteiger partial charge < -0.3 is 16.5 Å². The third-order valence-corrected chi connectivity index (χ3v) is 5.22. The van der Waals surface area contributed by atoms with E-state index in [9.17, 15) is 14.0 Å². The molecule has 2 aromatic rings. The number of rotatable bonds is 1. The topological polar surface area (TPSA) is 99.3 Å². The summed E-state index contributed by atoms with van der Waals surface area (Å²) >= 11 is 0. The molecule has 24 heavy (non-hydrogen) atoms. The van der Waals surface area contributed by atoms with E-state index in [2.05, 4.69) is 0 Å². The Labute approximate surface area is 137 Å². The molecule has 2 aliphatic rings. The number of aromatic nitrogens is 2. The summed E-state index contributed by atoms with van der Waals surface area (Å²) in [5, 5.41) is 0.156. The van der Waals surface area contributed by atoms with Gasteiger partial charge in [0.2, 0.25) is 0 Å². The summed E-state index contributed by atoms with van der Waals surface area (Å²) in [5.74, 6) is 5.16. The molecule has 7 nitrogen and oxygen atoms in total. The summed E-state index contributed by atoms with van der Waals surface area (Å²) in [7, 11) is 0. The van der Waals surface area contributed by atoms with Crippen LogP contribution in [-0.2, 0) is 6.42 Å². The molecule has 1 saturated heterocycles. The van der Waals surface area contributed by atoms with E-state index in [1.54, 1.807) is 0 Å². The fourth-order valence-electron chi connectivity index (χ4n) is 4.01. The van der Waals surface area contributed by atoms with Gasteiger partial charge in [-0.2, -0.15) is 4.68 Å². The van der Waals surface area contributed by atoms with Crippen molar-refractivity contribution in [2.45, 2.75) is 38.3 Å². The third kappa shape index (κ3) is 1.92. The summed E-state index contributed by atoms with van der Waals surface area (Å²) in [5.41, 5.74) is 6.45. The highest BCUT2D eigenvalue weighted by Crippen LogP contribution is 2.37. The summed E-state index contributed by atoms with van der Waals surface area (Å²) < 4.78 is 16.9. The number of hydrogen-bond acceptors (Lipinski definition) is 5. The Morgan fingerprint density at radius 2 is 2.04 bits per heavy atom. The number of halogens is 1. The summed E-state index contributed by atoms with van der Waals surface area (Å²) in [4.78, 5) is 26.8. The highest BCUT2D eigenvalue weighted by atomic mass is 19.1. The molecule has 0 radical (unpaired) electrons. The van der Waals surface area contributed by atoms with Gasteiger partial charge in [-0.05, 0) is 32.3 Å². The standard InChI is InChI=1S/C16H20FN5O2/c1-8-2-3-10-13-11(15(23)22(19)16(24)21(8)13)6-12(17)14(10)20-5-4-9(18)7-20/h6,8-9H,2-5,7,18-19H2,1H3/t8?,9-/m0/s1. The number of anilines is 1. The lowest BCUT2D eigenvalue weighted by molar-refractivity contribution is 0.468. The first kappa shape index (κ1) is 15.2. The van der Waals surface area contributed by atoms with Crippen LogP contribution >= 0.6 is 0 Å². The average molecular weight is 333 g/mol. The van der Waals surface area contributed by atoms with Crippen molar-refractivity contribution in [1.82, 2.24) is 9.24 Å². The smallest absolute Gasteiger partial charge is 0.350 e. The first-order valence-electron chi connectivity index (χ1n) is 8.18. The van der Waals surface area contributed by atoms with Gasteiger partial charge in [-0.3, -0.25) is 9.36 Å². The highest BCUT2D eigenvalue weighted by molar-refractivity contribution is 5.88. The zero-order valence-electron chi connectivity index (χ0n) is 13.5. The molecule has 0 aliphatic carbocycles. The van der Waals surface area contributed by atoms with Gasteiger partial charge in [-0.25, -0.2) is 9.18 Å². The van der Waals surface area contributed by atoms with Crippen LogP contribution in [0.4, 0.5) is 10.1 Å². The Hall–Kier alpha value is -2.35. The Bertz CT molecular complexity index is 964. The maximum atomic E-state index is 14.9. The fraction of sp³-hybridized carbons (Fsp3) is 0.500. The van der Waals surface area contributed by atoms with Gasteiger partial charge in [0, 0.05) is 30.7 Å². The largest absolute Gasteiger partial charge is 0.367 e. The van der Waals surface area contributed by atoms with E-state index >= 15 is 0 Å². The normalized spacial score (nSPS) is 23.2. The van der Waals surface area contributed by atoms with Gasteiger partial charge in [-0.15, -0.1) is 0 Å². The van der Waals surface area contributed by atoms with Crippen molar-refractivity contribution >= 4 is 16.6 Å². The van der Waals surface area contributed by atoms with Crippen molar-refractivity contribution < 1.29 is 4.39 Å². The molecular formula is C16H20FN5O2. The Kier molecular flexibility index (Phi) is 3.21. The van der Waals surface area contributed by atoms with Crippen LogP contribution < -0.4 is 27.7 Å². The second-order valence-corrected chi connectivity index (χ2v) is 6.79. The zero-order valence-corrected chi connectivity index (χ0v) is 13.5. The molecule has 8 heteroatoms. The van der Waals surface area contributed by atoms with E-state index < -0.39 is 17.1 Å². The molecule has 4 rings (SSSR count). The van der Waals surface area contributed by atoms with E-state index in [0.29, 0.717) is 47.4 Å². The lowest BCUT2D eigenvalue weighted by Gasteiger charge is -2.30. The van der Waals surface area contributed by atoms with E-state index in [0.717, 1.165) is 6.42 Å². The molecule has 1 aromatic carbocycles. The predicted octanol–water partition coefficient (Wildman–Crippen LogP) is 0.0607. The number of nitrogen functional groups attached to an aromatic ring is 1. The van der Waals surface area contributed by atoms with Crippen LogP contribution in [0.1, 0.15) is 31.4 Å². The molecule has 4 N–H and O–H groups in total. The molecule has 1 unspecified atom stereocenters. The van der Waals surface area contributed by atoms with Crippen LogP contribution in [0, 0.1) is 5.82 Å². The molecule has 2 atom stereocenters. The molecule has 0 amide bonds. The summed E-state index contributed by atoms with van der Waals surface area (Å²) in [6, 6.07) is 1.12. The molecular weight excluding hydrogens is 313 g/mol. The minimum Gasteiger partial charge on any atom is -0.367 e. The molecule has 1 fully saturated rings. The molecule has 2 aliphatic heterocycles. The monoisotopic (exact) mass is 333 g/mol. The first-order valence-corrected chi connectivity index (χ1v) is 8.18. The van der Waals surface area contributed by atoms with E-state index in [1.165, 1.54) is 10.6 Å². The van der Waals surface area contributed by atoms with Crippen molar-refractivity contribution in [1.29, 1.82) is 0 Å². The van der Waals surface area contributed by atoms with Gasteiger partial charge in [0.05, 0.1) is 16.6 Å². The van der Waals surface area contributed by atoms with Crippen LogP contribution in [0.15, 0.2) is 15.7 Å². The van der Waals surface area contributed by atoms with E-state index in [1.807, 2.05) is 11.8 Å². The van der Waals surface area contributed by atoms with E-state index in [4.69, 9.17) is 11.6 Å². The minimum absolute atomic E-state index is 0.00838. The number of aryl methyl sites for hydroxylation is 1. The van der Waals surface area contributed by atoms with E-state index in [-0.39, 0.29) is 17.5 Å². The predicted molar refractivity (Wildman–Crippen MR) is 90.4 cm³/mol. The number of nitrogens with two attached hydrogens (primary N) is 2. The number of benzene rings is 1. The van der Waals surface area contributed by atoms with Crippen LogP contribution in [0.25, 0.3) is 10.9 Å². The summed E-state index contributed by atoms with van der Waals surface area (Å²) in [6.07, 6.45) is 2.10. The van der Waals surface area contributed by atoms with Crippen molar-refractivity contribution in [2.75, 3.05) is 23.8 Å². The molecule has 1 aromatic heterocycles. The number of hydrogen-bond donors (Lipinski definition) is 2. The van der Waals surface area contributed by atoms with Crippen LogP contribution in [0.5, 0.6) is 0 Å². The van der Waals surface area contributed by atoms with Gasteiger partial charge in [0.15, 0.2) is 0 Å². The molecule has 128 valence electrons. The maximum Gasteiger partial charge on any atom is 0.350 e. The average Bonchev–Trinajstić information content (AvgIpc) is 2.97. The van der Waals surface area contributed by atoms with Gasteiger partial charge in [0.1, 0.15) is 5.82 Å². The van der Waals surface area contributed by atoms with Gasteiger partial charge in [-0.1, -0.05) is 0 Å². The minimum atomic E-state index is -0.662. The van der Waals surface area contributed by atoms with Crippen molar-refractivity contribution in [2.24, 2.45) is 5.73 Å². The van der Waals surface area contributed by atoms with Crippen LogP contribution in [0.3, 0.4) is 0 Å². The summed E-state index contributed by atoms with van der Waals surface area (Å²) in [6.45, 7) is 3.15. The second kappa shape index (κ2) is 5.07. The van der Waals surface area contributed by atoms with Gasteiger partial charge >= 0.3 is 5.69 Å². The molecule has 3 heterocycles. The second-order valence-electron chi connectivity index (χ2n) is 6.79. The first-order chi connectivity index (χ1) is 11.4. The lowest BCUT2D eigenvalue weighted by atomic mass is 9.95. The van der Waals surface area contributed by atoms with Crippen LogP contribution in [-0.4, -0.2) is 28.4 Å². The van der Waals surface area contributed by atoms with Gasteiger partial charge in [0.25, 0.3) is 5.56 Å². The third-order valence-electron chi connectivity index (χ3n) is 5.22. The SMILES string of the molecule is CC1CCc2c(N3CC[C@H](N)C3)c(F)cc3c(=O)n(N)c(=O)n1c23. The lowest BCUT2D eigenvalue weighted by Crippen LogP contribution is -2.46. The van der Waals surface area contributed by atoms with Crippen molar-refractivity contribution in [3.63, 3.8) is 0 Å². The van der Waals surface area contributed by atoms with Crippen molar-refractivity contribution in [3.05, 3.63) is 38.3 Å². The molecule has 0 saturated carbocycles. The number of nitrogens with zero attached hydrogens (tertiary/aromatic N) is 3. The molecule has 0 spiro atoms. The quantitative estimate of drug-likeness (QED) is 0.719. The Morgan fingerprint density at radius 1 is 1.29 bits per heavy atom. The fourth-order valence-corrected chi connectivity index (χ4v) is 4.01. The zero-order chi connectivity index (χ0) is 17.2. The Balaban J connectivity index is 2.12. The van der Waals surface area contributed by atoms with Crippen LogP contribution in [0.2, 0.25) is 0 Å². The maximum absolute atomic E-state index is 14.9. The highest BCUT2D eigenvalue weighted by Gasteiger charge is 2.31. The Morgan fingerprint density at radius 3 is 2.71 bits per heavy atom. The molecule has 0 bridgehead atoms. The van der Waals surface area contributed by atoms with Crippen molar-refractivity contribution in [3.8, 4) is 0 Å².